The third-order valence-corrected chi connectivity index (χ3v) is 5.84. The lowest BCUT2D eigenvalue weighted by Crippen LogP contribution is -2.29. The fraction of sp³-hybridized carbons (Fsp3) is 0.214. The average molecular weight is 442 g/mol. The van der Waals surface area contributed by atoms with E-state index in [1.807, 2.05) is 75.4 Å². The minimum atomic E-state index is -0.780. The molecule has 1 amide bonds. The molecule has 1 heterocycles. The molecule has 0 spiro atoms. The van der Waals surface area contributed by atoms with Crippen molar-refractivity contribution in [1.29, 1.82) is 0 Å². The van der Waals surface area contributed by atoms with Gasteiger partial charge in [0, 0.05) is 11.3 Å². The number of Topliss-reactive ketones (excluding diaryl/α,β-unsaturated/α-hetero) is 1. The number of hydrogen-bond acceptors (Lipinski definition) is 4. The first-order valence-electron chi connectivity index (χ1n) is 11.1. The first kappa shape index (κ1) is 22.3. The highest BCUT2D eigenvalue weighted by Gasteiger charge is 2.47. The topological polar surface area (TPSA) is 66.8 Å². The van der Waals surface area contributed by atoms with Crippen molar-refractivity contribution in [2.24, 2.45) is 0 Å². The average Bonchev–Trinajstić information content (AvgIpc) is 3.09. The summed E-state index contributed by atoms with van der Waals surface area (Å²) in [7, 11) is 0. The molecule has 1 aliphatic heterocycles. The highest BCUT2D eigenvalue weighted by Crippen LogP contribution is 2.43. The maximum absolute atomic E-state index is 13.3. The smallest absolute Gasteiger partial charge is 0.300 e. The third-order valence-electron chi connectivity index (χ3n) is 5.84. The summed E-state index contributed by atoms with van der Waals surface area (Å²) in [5.74, 6) is -0.922. The van der Waals surface area contributed by atoms with Crippen LogP contribution in [0.3, 0.4) is 0 Å². The van der Waals surface area contributed by atoms with E-state index in [4.69, 9.17) is 4.74 Å². The Morgan fingerprint density at radius 1 is 0.970 bits per heavy atom. The Bertz CT molecular complexity index is 1230. The molecule has 0 aliphatic carbocycles. The van der Waals surface area contributed by atoms with Gasteiger partial charge in [0.25, 0.3) is 11.7 Å². The number of hydrogen-bond donors (Lipinski definition) is 1. The monoisotopic (exact) mass is 441 g/mol. The van der Waals surface area contributed by atoms with Gasteiger partial charge in [-0.2, -0.15) is 0 Å². The van der Waals surface area contributed by atoms with Crippen molar-refractivity contribution in [2.75, 3.05) is 11.5 Å². The summed E-state index contributed by atoms with van der Waals surface area (Å²) in [4.78, 5) is 28.0. The van der Waals surface area contributed by atoms with Gasteiger partial charge in [0.2, 0.25) is 0 Å². The zero-order valence-corrected chi connectivity index (χ0v) is 19.0. The van der Waals surface area contributed by atoms with Gasteiger partial charge in [-0.15, -0.1) is 0 Å². The van der Waals surface area contributed by atoms with Crippen LogP contribution in [0.25, 0.3) is 5.76 Å². The SMILES string of the molecule is CCOc1cccc(C2/C(=C(\O)c3ccc(CC)cc3)C(=O)C(=O)N2c2cccc(C)c2)c1. The molecule has 3 aromatic carbocycles. The molecule has 3 aromatic rings. The molecule has 4 rings (SSSR count). The molecular weight excluding hydrogens is 414 g/mol. The Morgan fingerprint density at radius 2 is 1.70 bits per heavy atom. The van der Waals surface area contributed by atoms with Gasteiger partial charge in [-0.3, -0.25) is 14.5 Å². The van der Waals surface area contributed by atoms with Crippen LogP contribution in [0, 0.1) is 6.92 Å². The van der Waals surface area contributed by atoms with E-state index in [-0.39, 0.29) is 11.3 Å². The predicted octanol–water partition coefficient (Wildman–Crippen LogP) is 5.58. The molecule has 0 aromatic heterocycles. The fourth-order valence-electron chi connectivity index (χ4n) is 4.19. The van der Waals surface area contributed by atoms with Gasteiger partial charge < -0.3 is 9.84 Å². The van der Waals surface area contributed by atoms with E-state index in [1.165, 1.54) is 4.90 Å². The van der Waals surface area contributed by atoms with Crippen molar-refractivity contribution in [3.63, 3.8) is 0 Å². The molecular formula is C28H27NO4. The van der Waals surface area contributed by atoms with E-state index >= 15 is 0 Å². The molecule has 5 nitrogen and oxygen atoms in total. The maximum Gasteiger partial charge on any atom is 0.300 e. The number of carbonyl (C=O) groups is 2. The van der Waals surface area contributed by atoms with Gasteiger partial charge in [-0.1, -0.05) is 55.5 Å². The number of aliphatic hydroxyl groups excluding tert-OH is 1. The first-order valence-corrected chi connectivity index (χ1v) is 11.1. The summed E-state index contributed by atoms with van der Waals surface area (Å²) in [6.45, 7) is 6.37. The molecule has 1 atom stereocenters. The van der Waals surface area contributed by atoms with Crippen molar-refractivity contribution in [3.05, 3.63) is 101 Å². The number of benzene rings is 3. The minimum Gasteiger partial charge on any atom is -0.507 e. The van der Waals surface area contributed by atoms with Gasteiger partial charge in [0.05, 0.1) is 18.2 Å². The molecule has 1 fully saturated rings. The maximum atomic E-state index is 13.3. The lowest BCUT2D eigenvalue weighted by Gasteiger charge is -2.26. The van der Waals surface area contributed by atoms with Crippen LogP contribution in [0.2, 0.25) is 0 Å². The summed E-state index contributed by atoms with van der Waals surface area (Å²) in [6, 6.07) is 21.4. The second-order valence-corrected chi connectivity index (χ2v) is 8.06. The fourth-order valence-corrected chi connectivity index (χ4v) is 4.19. The van der Waals surface area contributed by atoms with Gasteiger partial charge in [-0.25, -0.2) is 0 Å². The van der Waals surface area contributed by atoms with Crippen LogP contribution in [-0.2, 0) is 16.0 Å². The predicted molar refractivity (Wildman–Crippen MR) is 129 cm³/mol. The van der Waals surface area contributed by atoms with Gasteiger partial charge in [0.15, 0.2) is 0 Å². The second-order valence-electron chi connectivity index (χ2n) is 8.06. The molecule has 0 saturated carbocycles. The number of amides is 1. The zero-order valence-electron chi connectivity index (χ0n) is 19.0. The van der Waals surface area contributed by atoms with Crippen LogP contribution in [0.15, 0.2) is 78.4 Å². The number of carbonyl (C=O) groups excluding carboxylic acids is 2. The summed E-state index contributed by atoms with van der Waals surface area (Å²) in [6.07, 6.45) is 0.864. The zero-order chi connectivity index (χ0) is 23.5. The van der Waals surface area contributed by atoms with E-state index in [0.717, 1.165) is 17.5 Å². The number of ether oxygens (including phenoxy) is 1. The summed E-state index contributed by atoms with van der Waals surface area (Å²) in [5, 5.41) is 11.2. The van der Waals surface area contributed by atoms with Crippen LogP contribution in [0.1, 0.15) is 42.1 Å². The summed E-state index contributed by atoms with van der Waals surface area (Å²) >= 11 is 0. The molecule has 33 heavy (non-hydrogen) atoms. The Hall–Kier alpha value is -3.86. The standard InChI is InChI=1S/C28H27NO4/c1-4-19-12-14-20(15-13-19)26(30)24-25(21-9-7-11-23(17-21)33-5-2)29(28(32)27(24)31)22-10-6-8-18(3)16-22/h6-17,25,30H,4-5H2,1-3H3/b26-24+. The van der Waals surface area contributed by atoms with E-state index in [0.29, 0.717) is 29.2 Å². The number of aryl methyl sites for hydroxylation is 2. The van der Waals surface area contributed by atoms with Crippen molar-refractivity contribution in [1.82, 2.24) is 0 Å². The van der Waals surface area contributed by atoms with E-state index in [2.05, 4.69) is 0 Å². The molecule has 0 bridgehead atoms. The van der Waals surface area contributed by atoms with Crippen LogP contribution < -0.4 is 9.64 Å². The Labute approximate surface area is 193 Å². The van der Waals surface area contributed by atoms with Crippen molar-refractivity contribution < 1.29 is 19.4 Å². The molecule has 0 radical (unpaired) electrons. The number of rotatable bonds is 6. The summed E-state index contributed by atoms with van der Waals surface area (Å²) < 4.78 is 5.66. The third kappa shape index (κ3) is 4.27. The minimum absolute atomic E-state index is 0.0689. The molecule has 1 saturated heterocycles. The van der Waals surface area contributed by atoms with Crippen molar-refractivity contribution in [3.8, 4) is 5.75 Å². The van der Waals surface area contributed by atoms with Crippen LogP contribution in [0.4, 0.5) is 5.69 Å². The highest BCUT2D eigenvalue weighted by molar-refractivity contribution is 6.51. The molecule has 1 N–H and O–H groups in total. The second kappa shape index (κ2) is 9.33. The number of anilines is 1. The number of nitrogens with zero attached hydrogens (tertiary/aromatic N) is 1. The van der Waals surface area contributed by atoms with Gasteiger partial charge in [0.1, 0.15) is 11.5 Å². The first-order chi connectivity index (χ1) is 15.9. The van der Waals surface area contributed by atoms with Crippen LogP contribution in [0.5, 0.6) is 5.75 Å². The Morgan fingerprint density at radius 3 is 2.36 bits per heavy atom. The Balaban J connectivity index is 1.92. The Kier molecular flexibility index (Phi) is 6.31. The van der Waals surface area contributed by atoms with Crippen LogP contribution in [-0.4, -0.2) is 23.4 Å². The normalized spacial score (nSPS) is 17.4. The van der Waals surface area contributed by atoms with E-state index in [1.54, 1.807) is 18.2 Å². The molecule has 1 aliphatic rings. The largest absolute Gasteiger partial charge is 0.507 e. The molecule has 5 heteroatoms. The van der Waals surface area contributed by atoms with E-state index in [9.17, 15) is 14.7 Å². The quantitative estimate of drug-likeness (QED) is 0.308. The summed E-state index contributed by atoms with van der Waals surface area (Å²) in [5.41, 5.74) is 3.94. The van der Waals surface area contributed by atoms with Gasteiger partial charge >= 0.3 is 0 Å². The van der Waals surface area contributed by atoms with Crippen molar-refractivity contribution >= 4 is 23.1 Å². The lowest BCUT2D eigenvalue weighted by atomic mass is 9.94. The lowest BCUT2D eigenvalue weighted by molar-refractivity contribution is -0.132. The molecule has 168 valence electrons. The highest BCUT2D eigenvalue weighted by atomic mass is 16.5. The number of ketones is 1. The van der Waals surface area contributed by atoms with Gasteiger partial charge in [-0.05, 0) is 61.2 Å². The number of aliphatic hydroxyl groups is 1. The molecule has 1 unspecified atom stereocenters. The van der Waals surface area contributed by atoms with E-state index < -0.39 is 17.7 Å². The van der Waals surface area contributed by atoms with Crippen molar-refractivity contribution in [2.45, 2.75) is 33.2 Å². The van der Waals surface area contributed by atoms with Crippen LogP contribution >= 0.6 is 0 Å².